The van der Waals surface area contributed by atoms with Gasteiger partial charge in [0.25, 0.3) is 0 Å². The summed E-state index contributed by atoms with van der Waals surface area (Å²) in [7, 11) is 0. The van der Waals surface area contributed by atoms with E-state index in [1.165, 1.54) is 37.1 Å². The van der Waals surface area contributed by atoms with Crippen molar-refractivity contribution in [3.63, 3.8) is 0 Å². The highest BCUT2D eigenvalue weighted by molar-refractivity contribution is 5.25. The van der Waals surface area contributed by atoms with Crippen LogP contribution in [0.3, 0.4) is 0 Å². The first-order chi connectivity index (χ1) is 8.22. The monoisotopic (exact) mass is 232 g/mol. The molecule has 0 aliphatic carbocycles. The molecule has 2 nitrogen and oxygen atoms in total. The minimum Gasteiger partial charge on any atom is -0.329 e. The summed E-state index contributed by atoms with van der Waals surface area (Å²) in [5.41, 5.74) is 8.72. The summed E-state index contributed by atoms with van der Waals surface area (Å²) in [5, 5.41) is 0. The number of likely N-dealkylation sites (tertiary alicyclic amines) is 1. The molecule has 0 spiro atoms. The van der Waals surface area contributed by atoms with Gasteiger partial charge in [0.15, 0.2) is 0 Å². The Bertz CT molecular complexity index is 338. The van der Waals surface area contributed by atoms with Crippen molar-refractivity contribution < 1.29 is 0 Å². The van der Waals surface area contributed by atoms with E-state index in [4.69, 9.17) is 5.73 Å². The first-order valence-corrected chi connectivity index (χ1v) is 6.73. The number of hydrogen-bond acceptors (Lipinski definition) is 2. The van der Waals surface area contributed by atoms with Crippen LogP contribution in [0.4, 0.5) is 0 Å². The average molecular weight is 232 g/mol. The van der Waals surface area contributed by atoms with Gasteiger partial charge in [0.2, 0.25) is 0 Å². The summed E-state index contributed by atoms with van der Waals surface area (Å²) in [6, 6.07) is 9.39. The summed E-state index contributed by atoms with van der Waals surface area (Å²) in [5.74, 6) is 0.527. The van der Waals surface area contributed by atoms with Crippen molar-refractivity contribution in [2.75, 3.05) is 19.6 Å². The van der Waals surface area contributed by atoms with Crippen LogP contribution in [0, 0.1) is 6.92 Å². The number of nitrogens with two attached hydrogens (primary N) is 1. The second-order valence-electron chi connectivity index (χ2n) is 5.25. The van der Waals surface area contributed by atoms with Gasteiger partial charge in [-0.25, -0.2) is 0 Å². The maximum Gasteiger partial charge on any atom is 0.0284 e. The highest BCUT2D eigenvalue weighted by Crippen LogP contribution is 2.25. The van der Waals surface area contributed by atoms with Crippen molar-refractivity contribution in [3.05, 3.63) is 35.4 Å². The molecule has 17 heavy (non-hydrogen) atoms. The van der Waals surface area contributed by atoms with Crippen molar-refractivity contribution in [1.82, 2.24) is 4.90 Å². The van der Waals surface area contributed by atoms with E-state index in [-0.39, 0.29) is 0 Å². The normalized spacial score (nSPS) is 20.4. The third-order valence-electron chi connectivity index (χ3n) is 4.03. The largest absolute Gasteiger partial charge is 0.329 e. The molecule has 0 aromatic heterocycles. The van der Waals surface area contributed by atoms with Crippen molar-refractivity contribution in [3.8, 4) is 0 Å². The Morgan fingerprint density at radius 1 is 1.18 bits per heavy atom. The Morgan fingerprint density at radius 3 is 2.29 bits per heavy atom. The van der Waals surface area contributed by atoms with Crippen LogP contribution in [0.25, 0.3) is 0 Å². The summed E-state index contributed by atoms with van der Waals surface area (Å²) < 4.78 is 0. The van der Waals surface area contributed by atoms with Gasteiger partial charge in [0, 0.05) is 12.6 Å². The van der Waals surface area contributed by atoms with E-state index < -0.39 is 0 Å². The summed E-state index contributed by atoms with van der Waals surface area (Å²) in [6.45, 7) is 7.64. The molecule has 2 N–H and O–H groups in total. The Kier molecular flexibility index (Phi) is 4.19. The molecule has 1 fully saturated rings. The lowest BCUT2D eigenvalue weighted by molar-refractivity contribution is 0.221. The molecule has 1 aliphatic rings. The minimum atomic E-state index is 0.500. The highest BCUT2D eigenvalue weighted by Gasteiger charge is 2.26. The van der Waals surface area contributed by atoms with Crippen LogP contribution in [-0.2, 0) is 0 Å². The van der Waals surface area contributed by atoms with Gasteiger partial charge >= 0.3 is 0 Å². The van der Waals surface area contributed by atoms with Gasteiger partial charge in [-0.2, -0.15) is 0 Å². The van der Waals surface area contributed by atoms with E-state index in [9.17, 15) is 0 Å². The lowest BCUT2D eigenvalue weighted by Crippen LogP contribution is -2.42. The standard InChI is InChI=1S/C15H24N2/c1-12-5-7-14(8-6-12)13(2)15(11-16)17-9-3-4-10-17/h5-8,13,15H,3-4,9-11,16H2,1-2H3. The molecule has 1 aromatic rings. The summed E-state index contributed by atoms with van der Waals surface area (Å²) in [4.78, 5) is 2.56. The van der Waals surface area contributed by atoms with Gasteiger partial charge in [0.1, 0.15) is 0 Å². The van der Waals surface area contributed by atoms with Crippen LogP contribution < -0.4 is 5.73 Å². The number of rotatable bonds is 4. The minimum absolute atomic E-state index is 0.500. The van der Waals surface area contributed by atoms with Gasteiger partial charge in [0.05, 0.1) is 0 Å². The molecule has 2 heteroatoms. The third-order valence-corrected chi connectivity index (χ3v) is 4.03. The zero-order valence-electron chi connectivity index (χ0n) is 11.0. The van der Waals surface area contributed by atoms with Crippen molar-refractivity contribution in [1.29, 1.82) is 0 Å². The SMILES string of the molecule is Cc1ccc(C(C)C(CN)N2CCCC2)cc1. The van der Waals surface area contributed by atoms with Crippen LogP contribution in [0.2, 0.25) is 0 Å². The molecule has 2 rings (SSSR count). The van der Waals surface area contributed by atoms with E-state index in [1.54, 1.807) is 0 Å². The Morgan fingerprint density at radius 2 is 1.76 bits per heavy atom. The predicted octanol–water partition coefficient (Wildman–Crippen LogP) is 2.52. The first-order valence-electron chi connectivity index (χ1n) is 6.73. The molecule has 2 atom stereocenters. The second kappa shape index (κ2) is 5.65. The van der Waals surface area contributed by atoms with E-state index in [0.717, 1.165) is 6.54 Å². The van der Waals surface area contributed by atoms with Gasteiger partial charge < -0.3 is 5.73 Å². The van der Waals surface area contributed by atoms with E-state index in [0.29, 0.717) is 12.0 Å². The fourth-order valence-corrected chi connectivity index (χ4v) is 2.83. The molecular formula is C15H24N2. The number of benzene rings is 1. The molecule has 0 saturated carbocycles. The molecule has 1 heterocycles. The van der Waals surface area contributed by atoms with Crippen molar-refractivity contribution in [2.24, 2.45) is 5.73 Å². The second-order valence-corrected chi connectivity index (χ2v) is 5.25. The fourth-order valence-electron chi connectivity index (χ4n) is 2.83. The van der Waals surface area contributed by atoms with E-state index >= 15 is 0 Å². The van der Waals surface area contributed by atoms with Crippen LogP contribution in [0.1, 0.15) is 36.8 Å². The molecule has 2 unspecified atom stereocenters. The molecule has 0 bridgehead atoms. The molecule has 0 amide bonds. The smallest absolute Gasteiger partial charge is 0.0284 e. The summed E-state index contributed by atoms with van der Waals surface area (Å²) in [6.07, 6.45) is 2.66. The third kappa shape index (κ3) is 2.88. The highest BCUT2D eigenvalue weighted by atomic mass is 15.2. The Balaban J connectivity index is 2.10. The molecule has 1 aromatic carbocycles. The molecular weight excluding hydrogens is 208 g/mol. The van der Waals surface area contributed by atoms with Crippen LogP contribution >= 0.6 is 0 Å². The topological polar surface area (TPSA) is 29.3 Å². The zero-order chi connectivity index (χ0) is 12.3. The molecule has 1 saturated heterocycles. The van der Waals surface area contributed by atoms with Gasteiger partial charge in [-0.1, -0.05) is 36.8 Å². The number of hydrogen-bond donors (Lipinski definition) is 1. The van der Waals surface area contributed by atoms with E-state index in [1.807, 2.05) is 0 Å². The van der Waals surface area contributed by atoms with Crippen molar-refractivity contribution >= 4 is 0 Å². The lowest BCUT2D eigenvalue weighted by atomic mass is 9.92. The summed E-state index contributed by atoms with van der Waals surface area (Å²) >= 11 is 0. The number of nitrogens with zero attached hydrogens (tertiary/aromatic N) is 1. The first kappa shape index (κ1) is 12.6. The zero-order valence-corrected chi connectivity index (χ0v) is 11.0. The van der Waals surface area contributed by atoms with Gasteiger partial charge in [-0.15, -0.1) is 0 Å². The Hall–Kier alpha value is -0.860. The van der Waals surface area contributed by atoms with Gasteiger partial charge in [-0.05, 0) is 44.3 Å². The van der Waals surface area contributed by atoms with Crippen LogP contribution in [0.15, 0.2) is 24.3 Å². The predicted molar refractivity (Wildman–Crippen MR) is 73.2 cm³/mol. The van der Waals surface area contributed by atoms with Crippen LogP contribution in [-0.4, -0.2) is 30.6 Å². The van der Waals surface area contributed by atoms with Crippen molar-refractivity contribution in [2.45, 2.75) is 38.6 Å². The Labute approximate surface area is 105 Å². The number of aryl methyl sites for hydroxylation is 1. The van der Waals surface area contributed by atoms with Crippen LogP contribution in [0.5, 0.6) is 0 Å². The molecule has 1 aliphatic heterocycles. The average Bonchev–Trinajstić information content (AvgIpc) is 2.84. The van der Waals surface area contributed by atoms with E-state index in [2.05, 4.69) is 43.0 Å². The maximum absolute atomic E-state index is 5.98. The molecule has 94 valence electrons. The maximum atomic E-state index is 5.98. The van der Waals surface area contributed by atoms with Gasteiger partial charge in [-0.3, -0.25) is 4.90 Å². The fraction of sp³-hybridized carbons (Fsp3) is 0.600. The molecule has 0 radical (unpaired) electrons. The lowest BCUT2D eigenvalue weighted by Gasteiger charge is -2.32. The quantitative estimate of drug-likeness (QED) is 0.864.